The Morgan fingerprint density at radius 1 is 1.22 bits per heavy atom. The molecule has 0 N–H and O–H groups in total. The maximum atomic E-state index is 5.51. The van der Waals surface area contributed by atoms with Crippen LogP contribution in [0, 0.1) is 5.41 Å². The number of hydrogen-bond acceptors (Lipinski definition) is 1. The summed E-state index contributed by atoms with van der Waals surface area (Å²) in [7, 11) is 0. The minimum Gasteiger partial charge on any atom is -0.372 e. The molecule has 1 fully saturated rings. The average Bonchev–Trinajstić information content (AvgIpc) is 3.06. The maximum Gasteiger partial charge on any atom is 0.0725 e. The third kappa shape index (κ3) is 2.04. The fourth-order valence-corrected chi connectivity index (χ4v) is 4.63. The van der Waals surface area contributed by atoms with Crippen molar-refractivity contribution in [1.29, 1.82) is 0 Å². The molecule has 1 aliphatic carbocycles. The van der Waals surface area contributed by atoms with Gasteiger partial charge in [-0.05, 0) is 41.4 Å². The van der Waals surface area contributed by atoms with Gasteiger partial charge in [0.25, 0.3) is 0 Å². The lowest BCUT2D eigenvalue weighted by Gasteiger charge is -2.33. The topological polar surface area (TPSA) is 9.23 Å². The predicted molar refractivity (Wildman–Crippen MR) is 77.8 cm³/mol. The Kier molecular flexibility index (Phi) is 3.50. The van der Waals surface area contributed by atoms with Crippen LogP contribution < -0.4 is 0 Å². The normalized spacial score (nSPS) is 23.0. The lowest BCUT2D eigenvalue weighted by Crippen LogP contribution is -2.21. The number of hydrogen-bond donors (Lipinski definition) is 0. The van der Waals surface area contributed by atoms with E-state index in [4.69, 9.17) is 4.74 Å². The van der Waals surface area contributed by atoms with Crippen LogP contribution >= 0.6 is 15.9 Å². The van der Waals surface area contributed by atoms with E-state index >= 15 is 0 Å². The van der Waals surface area contributed by atoms with Gasteiger partial charge in [0.05, 0.1) is 13.2 Å². The van der Waals surface area contributed by atoms with Crippen molar-refractivity contribution >= 4 is 15.9 Å². The highest BCUT2D eigenvalue weighted by molar-refractivity contribution is 9.09. The van der Waals surface area contributed by atoms with Crippen molar-refractivity contribution in [3.63, 3.8) is 0 Å². The van der Waals surface area contributed by atoms with Crippen LogP contribution in [-0.2, 0) is 18.0 Å². The number of ether oxygens (including phenoxy) is 1. The molecule has 0 aromatic heterocycles. The van der Waals surface area contributed by atoms with E-state index in [0.29, 0.717) is 10.2 Å². The summed E-state index contributed by atoms with van der Waals surface area (Å²) in [6, 6.07) is 6.91. The van der Waals surface area contributed by atoms with Crippen LogP contribution in [0.3, 0.4) is 0 Å². The van der Waals surface area contributed by atoms with E-state index in [0.717, 1.165) is 13.2 Å². The van der Waals surface area contributed by atoms with Crippen LogP contribution in [0.25, 0.3) is 0 Å². The molecule has 1 aromatic carbocycles. The van der Waals surface area contributed by atoms with Crippen LogP contribution in [0.4, 0.5) is 0 Å². The van der Waals surface area contributed by atoms with Gasteiger partial charge in [-0.25, -0.2) is 0 Å². The summed E-state index contributed by atoms with van der Waals surface area (Å²) in [5, 5.41) is 0. The molecule has 98 valence electrons. The van der Waals surface area contributed by atoms with Crippen molar-refractivity contribution in [2.45, 2.75) is 57.1 Å². The third-order valence-corrected chi connectivity index (χ3v) is 6.38. The van der Waals surface area contributed by atoms with Gasteiger partial charge < -0.3 is 4.74 Å². The molecule has 1 unspecified atom stereocenters. The summed E-state index contributed by atoms with van der Waals surface area (Å²) in [6.45, 7) is 3.93. The van der Waals surface area contributed by atoms with Crippen molar-refractivity contribution in [3.8, 4) is 0 Å². The summed E-state index contributed by atoms with van der Waals surface area (Å²) in [5.74, 6) is 0. The SMILES string of the molecule is CCC1(C(Br)c2ccc3c(c2)COC3)CCCC1. The smallest absolute Gasteiger partial charge is 0.0725 e. The lowest BCUT2D eigenvalue weighted by molar-refractivity contribution is 0.134. The molecular weight excluding hydrogens is 288 g/mol. The first-order chi connectivity index (χ1) is 8.75. The lowest BCUT2D eigenvalue weighted by atomic mass is 9.77. The average molecular weight is 309 g/mol. The first-order valence-electron chi connectivity index (χ1n) is 7.09. The Labute approximate surface area is 118 Å². The Morgan fingerprint density at radius 3 is 2.67 bits per heavy atom. The van der Waals surface area contributed by atoms with Crippen LogP contribution in [0.15, 0.2) is 18.2 Å². The zero-order chi connectivity index (χ0) is 12.6. The van der Waals surface area contributed by atoms with Gasteiger partial charge in [-0.1, -0.05) is 53.9 Å². The van der Waals surface area contributed by atoms with E-state index < -0.39 is 0 Å². The van der Waals surface area contributed by atoms with Gasteiger partial charge in [0.2, 0.25) is 0 Å². The third-order valence-electron chi connectivity index (χ3n) is 4.88. The van der Waals surface area contributed by atoms with Crippen molar-refractivity contribution < 1.29 is 4.74 Å². The van der Waals surface area contributed by atoms with E-state index in [-0.39, 0.29) is 0 Å². The summed E-state index contributed by atoms with van der Waals surface area (Å²) in [5.41, 5.74) is 4.69. The van der Waals surface area contributed by atoms with Crippen LogP contribution in [0.1, 0.15) is 60.5 Å². The minimum atomic E-state index is 0.480. The highest BCUT2D eigenvalue weighted by atomic mass is 79.9. The Hall–Kier alpha value is -0.340. The second kappa shape index (κ2) is 4.97. The van der Waals surface area contributed by atoms with Gasteiger partial charge in [0.15, 0.2) is 0 Å². The van der Waals surface area contributed by atoms with Crippen LogP contribution in [-0.4, -0.2) is 0 Å². The molecule has 0 radical (unpaired) electrons. The van der Waals surface area contributed by atoms with Gasteiger partial charge in [0.1, 0.15) is 0 Å². The molecule has 2 aliphatic rings. The second-order valence-corrected chi connectivity index (χ2v) is 6.72. The molecule has 1 nitrogen and oxygen atoms in total. The second-order valence-electron chi connectivity index (χ2n) is 5.81. The Morgan fingerprint density at radius 2 is 1.94 bits per heavy atom. The molecule has 1 aromatic rings. The molecule has 1 saturated carbocycles. The largest absolute Gasteiger partial charge is 0.372 e. The van der Waals surface area contributed by atoms with Crippen LogP contribution in [0.5, 0.6) is 0 Å². The fraction of sp³-hybridized carbons (Fsp3) is 0.625. The standard InChI is InChI=1S/C16H21BrO/c1-2-16(7-3-4-8-16)15(17)12-5-6-13-10-18-11-14(13)9-12/h5-6,9,15H,2-4,7-8,10-11H2,1H3. The van der Waals surface area contributed by atoms with E-state index in [1.807, 2.05) is 0 Å². The van der Waals surface area contributed by atoms with E-state index in [2.05, 4.69) is 41.1 Å². The van der Waals surface area contributed by atoms with Crippen molar-refractivity contribution in [1.82, 2.24) is 0 Å². The molecule has 1 heterocycles. The predicted octanol–water partition coefficient (Wildman–Crippen LogP) is 5.12. The summed E-state index contributed by atoms with van der Waals surface area (Å²) >= 11 is 4.00. The van der Waals surface area contributed by atoms with Crippen molar-refractivity contribution in [2.75, 3.05) is 0 Å². The van der Waals surface area contributed by atoms with Crippen molar-refractivity contribution in [2.24, 2.45) is 5.41 Å². The van der Waals surface area contributed by atoms with Gasteiger partial charge in [0, 0.05) is 4.83 Å². The molecule has 1 aliphatic heterocycles. The quantitative estimate of drug-likeness (QED) is 0.704. The van der Waals surface area contributed by atoms with Gasteiger partial charge in [-0.2, -0.15) is 0 Å². The molecule has 1 atom stereocenters. The fourth-order valence-electron chi connectivity index (χ4n) is 3.57. The van der Waals surface area contributed by atoms with E-state index in [9.17, 15) is 0 Å². The first kappa shape index (κ1) is 12.7. The highest BCUT2D eigenvalue weighted by Crippen LogP contribution is 2.54. The molecule has 0 saturated heterocycles. The Bertz CT molecular complexity index is 435. The van der Waals surface area contributed by atoms with E-state index in [1.54, 1.807) is 0 Å². The summed E-state index contributed by atoms with van der Waals surface area (Å²) < 4.78 is 5.51. The summed E-state index contributed by atoms with van der Waals surface area (Å²) in [6.07, 6.45) is 6.80. The number of fused-ring (bicyclic) bond motifs is 1. The maximum absolute atomic E-state index is 5.51. The molecule has 0 bridgehead atoms. The van der Waals surface area contributed by atoms with E-state index in [1.165, 1.54) is 48.8 Å². The molecule has 3 rings (SSSR count). The monoisotopic (exact) mass is 308 g/mol. The van der Waals surface area contributed by atoms with Gasteiger partial charge in [-0.3, -0.25) is 0 Å². The molecule has 0 spiro atoms. The van der Waals surface area contributed by atoms with Crippen molar-refractivity contribution in [3.05, 3.63) is 34.9 Å². The Balaban J connectivity index is 1.89. The number of halogens is 1. The zero-order valence-corrected chi connectivity index (χ0v) is 12.6. The molecule has 0 amide bonds. The highest BCUT2D eigenvalue weighted by Gasteiger charge is 2.39. The first-order valence-corrected chi connectivity index (χ1v) is 8.00. The molecule has 18 heavy (non-hydrogen) atoms. The summed E-state index contributed by atoms with van der Waals surface area (Å²) in [4.78, 5) is 0.503. The minimum absolute atomic E-state index is 0.480. The number of rotatable bonds is 3. The molecular formula is C16H21BrO. The number of alkyl halides is 1. The zero-order valence-electron chi connectivity index (χ0n) is 11.0. The van der Waals surface area contributed by atoms with Gasteiger partial charge >= 0.3 is 0 Å². The number of benzene rings is 1. The molecule has 2 heteroatoms. The van der Waals surface area contributed by atoms with Crippen LogP contribution in [0.2, 0.25) is 0 Å². The van der Waals surface area contributed by atoms with Gasteiger partial charge in [-0.15, -0.1) is 0 Å².